The van der Waals surface area contributed by atoms with Gasteiger partial charge in [0.2, 0.25) is 0 Å². The second-order valence-electron chi connectivity index (χ2n) is 5.12. The summed E-state index contributed by atoms with van der Waals surface area (Å²) < 4.78 is 16.1. The molecule has 0 spiro atoms. The van der Waals surface area contributed by atoms with Crippen LogP contribution in [-0.4, -0.2) is 26.2 Å². The van der Waals surface area contributed by atoms with Gasteiger partial charge in [-0.2, -0.15) is 5.26 Å². The minimum atomic E-state index is -0.255. The van der Waals surface area contributed by atoms with Gasteiger partial charge in [-0.15, -0.1) is 0 Å². The first kappa shape index (κ1) is 18.1. The number of carbonyl (C=O) groups is 1. The minimum Gasteiger partial charge on any atom is -0.497 e. The molecule has 0 unspecified atom stereocenters. The molecule has 130 valence electrons. The van der Waals surface area contributed by atoms with Crippen LogP contribution < -0.4 is 19.5 Å². The summed E-state index contributed by atoms with van der Waals surface area (Å²) in [7, 11) is 1.60. The standard InChI is InChI=1S/C19H20N2O4/c1-3-24-18-10-14(11-20)7-8-17(18)25-13-19(22)21-12-15-5-4-6-16(9-15)23-2/h4-10H,3,12-13H2,1-2H3,(H,21,22). The van der Waals surface area contributed by atoms with Gasteiger partial charge < -0.3 is 19.5 Å². The monoisotopic (exact) mass is 340 g/mol. The predicted molar refractivity (Wildman–Crippen MR) is 92.7 cm³/mol. The molecule has 0 saturated heterocycles. The molecule has 6 nitrogen and oxygen atoms in total. The molecule has 0 bridgehead atoms. The predicted octanol–water partition coefficient (Wildman–Crippen LogP) is 2.66. The summed E-state index contributed by atoms with van der Waals surface area (Å²) in [5, 5.41) is 11.7. The summed E-state index contributed by atoms with van der Waals surface area (Å²) in [6.07, 6.45) is 0. The first-order valence-electron chi connectivity index (χ1n) is 7.85. The van der Waals surface area contributed by atoms with Gasteiger partial charge in [-0.1, -0.05) is 12.1 Å². The molecule has 0 aliphatic rings. The third-order valence-electron chi connectivity index (χ3n) is 3.36. The van der Waals surface area contributed by atoms with Crippen LogP contribution in [0, 0.1) is 11.3 Å². The van der Waals surface area contributed by atoms with Crippen molar-refractivity contribution in [1.82, 2.24) is 5.32 Å². The number of hydrogen-bond donors (Lipinski definition) is 1. The van der Waals surface area contributed by atoms with Gasteiger partial charge in [-0.25, -0.2) is 0 Å². The second kappa shape index (κ2) is 9.18. The average molecular weight is 340 g/mol. The van der Waals surface area contributed by atoms with E-state index in [2.05, 4.69) is 5.32 Å². The van der Waals surface area contributed by atoms with Crippen LogP contribution in [0.4, 0.5) is 0 Å². The minimum absolute atomic E-state index is 0.143. The average Bonchev–Trinajstić information content (AvgIpc) is 2.65. The molecule has 1 N–H and O–H groups in total. The van der Waals surface area contributed by atoms with Crippen LogP contribution in [-0.2, 0) is 11.3 Å². The highest BCUT2D eigenvalue weighted by molar-refractivity contribution is 5.77. The van der Waals surface area contributed by atoms with Crippen LogP contribution in [0.2, 0.25) is 0 Å². The Hall–Kier alpha value is -3.20. The van der Waals surface area contributed by atoms with Crippen LogP contribution in [0.3, 0.4) is 0 Å². The van der Waals surface area contributed by atoms with Gasteiger partial charge in [0, 0.05) is 12.6 Å². The SMILES string of the molecule is CCOc1cc(C#N)ccc1OCC(=O)NCc1cccc(OC)c1. The summed E-state index contributed by atoms with van der Waals surface area (Å²) in [5.74, 6) is 1.36. The largest absolute Gasteiger partial charge is 0.497 e. The van der Waals surface area contributed by atoms with E-state index in [9.17, 15) is 4.79 Å². The number of ether oxygens (including phenoxy) is 3. The lowest BCUT2D eigenvalue weighted by molar-refractivity contribution is -0.123. The van der Waals surface area contributed by atoms with Crippen molar-refractivity contribution in [2.75, 3.05) is 20.3 Å². The number of carbonyl (C=O) groups excluding carboxylic acids is 1. The van der Waals surface area contributed by atoms with Gasteiger partial charge >= 0.3 is 0 Å². The quantitative estimate of drug-likeness (QED) is 0.799. The Morgan fingerprint density at radius 1 is 1.16 bits per heavy atom. The van der Waals surface area contributed by atoms with E-state index in [1.165, 1.54) is 0 Å². The molecule has 0 radical (unpaired) electrons. The van der Waals surface area contributed by atoms with E-state index in [1.54, 1.807) is 25.3 Å². The fourth-order valence-corrected chi connectivity index (χ4v) is 2.14. The van der Waals surface area contributed by atoms with Crippen molar-refractivity contribution in [2.24, 2.45) is 0 Å². The van der Waals surface area contributed by atoms with E-state index in [-0.39, 0.29) is 12.5 Å². The van der Waals surface area contributed by atoms with Gasteiger partial charge in [0.15, 0.2) is 18.1 Å². The van der Waals surface area contributed by atoms with Crippen molar-refractivity contribution in [3.8, 4) is 23.3 Å². The Balaban J connectivity index is 1.90. The summed E-state index contributed by atoms with van der Waals surface area (Å²) in [6.45, 7) is 2.51. The lowest BCUT2D eigenvalue weighted by Crippen LogP contribution is -2.28. The number of nitrogens with zero attached hydrogens (tertiary/aromatic N) is 1. The van der Waals surface area contributed by atoms with E-state index in [4.69, 9.17) is 19.5 Å². The molecule has 2 aromatic carbocycles. The third-order valence-corrected chi connectivity index (χ3v) is 3.36. The first-order valence-corrected chi connectivity index (χ1v) is 7.85. The fourth-order valence-electron chi connectivity index (χ4n) is 2.14. The molecular weight excluding hydrogens is 320 g/mol. The second-order valence-corrected chi connectivity index (χ2v) is 5.12. The smallest absolute Gasteiger partial charge is 0.258 e. The number of methoxy groups -OCH3 is 1. The molecule has 0 heterocycles. The maximum absolute atomic E-state index is 12.0. The van der Waals surface area contributed by atoms with Crippen molar-refractivity contribution in [1.29, 1.82) is 5.26 Å². The number of benzene rings is 2. The number of nitriles is 1. The molecule has 6 heteroatoms. The molecule has 0 aliphatic heterocycles. The number of nitrogens with one attached hydrogen (secondary N) is 1. The van der Waals surface area contributed by atoms with E-state index in [0.29, 0.717) is 30.2 Å². The molecule has 0 atom stereocenters. The lowest BCUT2D eigenvalue weighted by Gasteiger charge is -2.12. The van der Waals surface area contributed by atoms with Gasteiger partial charge in [0.05, 0.1) is 25.3 Å². The van der Waals surface area contributed by atoms with E-state index < -0.39 is 0 Å². The van der Waals surface area contributed by atoms with Crippen LogP contribution in [0.15, 0.2) is 42.5 Å². The van der Waals surface area contributed by atoms with Crippen molar-refractivity contribution in [3.63, 3.8) is 0 Å². The molecule has 0 saturated carbocycles. The molecule has 0 aliphatic carbocycles. The first-order chi connectivity index (χ1) is 12.2. The molecule has 2 aromatic rings. The molecule has 25 heavy (non-hydrogen) atoms. The normalized spacial score (nSPS) is 9.80. The highest BCUT2D eigenvalue weighted by Gasteiger charge is 2.09. The number of rotatable bonds is 8. The third kappa shape index (κ3) is 5.43. The molecule has 0 fully saturated rings. The zero-order valence-corrected chi connectivity index (χ0v) is 14.2. The van der Waals surface area contributed by atoms with Crippen molar-refractivity contribution in [2.45, 2.75) is 13.5 Å². The Morgan fingerprint density at radius 3 is 2.72 bits per heavy atom. The Morgan fingerprint density at radius 2 is 2.00 bits per heavy atom. The maximum atomic E-state index is 12.0. The summed E-state index contributed by atoms with van der Waals surface area (Å²) in [5.41, 5.74) is 1.40. The summed E-state index contributed by atoms with van der Waals surface area (Å²) in [4.78, 5) is 12.0. The highest BCUT2D eigenvalue weighted by atomic mass is 16.5. The Kier molecular flexibility index (Phi) is 6.66. The van der Waals surface area contributed by atoms with E-state index in [1.807, 2.05) is 37.3 Å². The maximum Gasteiger partial charge on any atom is 0.258 e. The van der Waals surface area contributed by atoms with Crippen molar-refractivity contribution >= 4 is 5.91 Å². The number of hydrogen-bond acceptors (Lipinski definition) is 5. The highest BCUT2D eigenvalue weighted by Crippen LogP contribution is 2.28. The van der Waals surface area contributed by atoms with Gasteiger partial charge in [-0.3, -0.25) is 4.79 Å². The van der Waals surface area contributed by atoms with Crippen molar-refractivity contribution < 1.29 is 19.0 Å². The molecule has 0 aromatic heterocycles. The van der Waals surface area contributed by atoms with Gasteiger partial charge in [0.1, 0.15) is 5.75 Å². The molecule has 1 amide bonds. The lowest BCUT2D eigenvalue weighted by atomic mass is 10.2. The number of amides is 1. The summed E-state index contributed by atoms with van der Waals surface area (Å²) in [6, 6.07) is 14.3. The fraction of sp³-hybridized carbons (Fsp3) is 0.263. The van der Waals surface area contributed by atoms with Gasteiger partial charge in [0.25, 0.3) is 5.91 Å². The van der Waals surface area contributed by atoms with Crippen LogP contribution in [0.5, 0.6) is 17.2 Å². The molecule has 2 rings (SSSR count). The van der Waals surface area contributed by atoms with Crippen LogP contribution in [0.1, 0.15) is 18.1 Å². The van der Waals surface area contributed by atoms with Crippen molar-refractivity contribution in [3.05, 3.63) is 53.6 Å². The zero-order chi connectivity index (χ0) is 18.1. The Labute approximate surface area is 146 Å². The van der Waals surface area contributed by atoms with E-state index in [0.717, 1.165) is 11.3 Å². The van der Waals surface area contributed by atoms with Gasteiger partial charge in [-0.05, 0) is 36.8 Å². The van der Waals surface area contributed by atoms with Crippen LogP contribution >= 0.6 is 0 Å². The van der Waals surface area contributed by atoms with E-state index >= 15 is 0 Å². The molecular formula is C19H20N2O4. The summed E-state index contributed by atoms with van der Waals surface area (Å²) >= 11 is 0. The zero-order valence-electron chi connectivity index (χ0n) is 14.2. The van der Waals surface area contributed by atoms with Crippen LogP contribution in [0.25, 0.3) is 0 Å². The Bertz CT molecular complexity index is 768. The topological polar surface area (TPSA) is 80.6 Å².